The van der Waals surface area contributed by atoms with Gasteiger partial charge < -0.3 is 9.47 Å². The van der Waals surface area contributed by atoms with Crippen LogP contribution in [0.2, 0.25) is 5.02 Å². The summed E-state index contributed by atoms with van der Waals surface area (Å²) < 4.78 is 22.0. The number of alkyl carbamates (subject to hydrolysis) is 1. The Morgan fingerprint density at radius 1 is 1.32 bits per heavy atom. The molecule has 0 heterocycles. The van der Waals surface area contributed by atoms with Gasteiger partial charge in [0.05, 0.1) is 11.6 Å². The van der Waals surface area contributed by atoms with Gasteiger partial charge in [-0.1, -0.05) is 17.7 Å². The zero-order chi connectivity index (χ0) is 16.5. The van der Waals surface area contributed by atoms with Crippen molar-refractivity contribution in [1.82, 2.24) is 5.32 Å². The number of imide groups is 1. The number of benzene rings is 1. The molecule has 0 aliphatic heterocycles. The molecule has 0 atom stereocenters. The lowest BCUT2D eigenvalue weighted by atomic mass is 10.2. The highest BCUT2D eigenvalue weighted by Gasteiger charge is 2.09. The Morgan fingerprint density at radius 2 is 2.05 bits per heavy atom. The summed E-state index contributed by atoms with van der Waals surface area (Å²) in [6.07, 6.45) is 1.47. The van der Waals surface area contributed by atoms with Crippen LogP contribution in [0.5, 0.6) is 0 Å². The molecule has 1 aromatic carbocycles. The van der Waals surface area contributed by atoms with E-state index in [1.165, 1.54) is 18.2 Å². The summed E-state index contributed by atoms with van der Waals surface area (Å²) >= 11 is 5.58. The van der Waals surface area contributed by atoms with Crippen molar-refractivity contribution in [2.45, 2.75) is 6.92 Å². The third-order valence-electron chi connectivity index (χ3n) is 2.22. The number of carbonyl (C=O) groups excluding carboxylic acids is 3. The van der Waals surface area contributed by atoms with Gasteiger partial charge in [0.15, 0.2) is 6.61 Å². The molecule has 0 radical (unpaired) electrons. The first-order valence-electron chi connectivity index (χ1n) is 6.19. The molecule has 0 unspecified atom stereocenters. The first kappa shape index (κ1) is 17.6. The maximum Gasteiger partial charge on any atom is 0.413 e. The highest BCUT2D eigenvalue weighted by Crippen LogP contribution is 2.16. The maximum absolute atomic E-state index is 12.9. The van der Waals surface area contributed by atoms with Crippen molar-refractivity contribution in [3.8, 4) is 0 Å². The molecule has 0 bridgehead atoms. The van der Waals surface area contributed by atoms with E-state index in [1.807, 2.05) is 5.32 Å². The number of ether oxygens (including phenoxy) is 2. The van der Waals surface area contributed by atoms with Crippen LogP contribution in [0.25, 0.3) is 6.08 Å². The highest BCUT2D eigenvalue weighted by atomic mass is 35.5. The molecule has 1 rings (SSSR count). The Hall–Kier alpha value is -2.41. The molecule has 0 aromatic heterocycles. The van der Waals surface area contributed by atoms with Gasteiger partial charge in [0.25, 0.3) is 5.91 Å². The number of esters is 1. The summed E-state index contributed by atoms with van der Waals surface area (Å²) in [5, 5.41) is 1.78. The predicted octanol–water partition coefficient (Wildman–Crippen LogP) is 2.31. The van der Waals surface area contributed by atoms with E-state index in [0.717, 1.165) is 12.1 Å². The van der Waals surface area contributed by atoms with E-state index in [1.54, 1.807) is 6.92 Å². The van der Waals surface area contributed by atoms with E-state index in [-0.39, 0.29) is 11.6 Å². The Morgan fingerprint density at radius 3 is 2.68 bits per heavy atom. The summed E-state index contributed by atoms with van der Waals surface area (Å²) in [4.78, 5) is 33.5. The van der Waals surface area contributed by atoms with Gasteiger partial charge in [-0.2, -0.15) is 0 Å². The largest absolute Gasteiger partial charge is 0.452 e. The number of amides is 2. The fraction of sp³-hybridized carbons (Fsp3) is 0.214. The van der Waals surface area contributed by atoms with Crippen molar-refractivity contribution in [3.63, 3.8) is 0 Å². The molecular weight excluding hydrogens is 317 g/mol. The van der Waals surface area contributed by atoms with Gasteiger partial charge in [0.2, 0.25) is 0 Å². The summed E-state index contributed by atoms with van der Waals surface area (Å²) in [6, 6.07) is 3.90. The summed E-state index contributed by atoms with van der Waals surface area (Å²) in [7, 11) is 0. The predicted molar refractivity (Wildman–Crippen MR) is 76.6 cm³/mol. The first-order chi connectivity index (χ1) is 10.4. The molecule has 1 N–H and O–H groups in total. The number of halogens is 2. The lowest BCUT2D eigenvalue weighted by Gasteiger charge is -2.04. The monoisotopic (exact) mass is 329 g/mol. The van der Waals surface area contributed by atoms with Crippen LogP contribution in [0, 0.1) is 5.82 Å². The number of rotatable bonds is 5. The van der Waals surface area contributed by atoms with Gasteiger partial charge >= 0.3 is 12.1 Å². The molecule has 0 fully saturated rings. The quantitative estimate of drug-likeness (QED) is 0.662. The molecule has 6 nitrogen and oxygen atoms in total. The van der Waals surface area contributed by atoms with Crippen LogP contribution < -0.4 is 5.32 Å². The zero-order valence-corrected chi connectivity index (χ0v) is 12.4. The van der Waals surface area contributed by atoms with Gasteiger partial charge in [-0.25, -0.2) is 14.0 Å². The first-order valence-corrected chi connectivity index (χ1v) is 6.56. The topological polar surface area (TPSA) is 81.7 Å². The number of hydrogen-bond acceptors (Lipinski definition) is 5. The molecule has 22 heavy (non-hydrogen) atoms. The number of carbonyl (C=O) groups is 3. The molecule has 8 heteroatoms. The van der Waals surface area contributed by atoms with E-state index >= 15 is 0 Å². The summed E-state index contributed by atoms with van der Waals surface area (Å²) in [5.74, 6) is -2.19. The third kappa shape index (κ3) is 6.36. The summed E-state index contributed by atoms with van der Waals surface area (Å²) in [6.45, 7) is 1.06. The number of nitrogens with one attached hydrogen (secondary N) is 1. The van der Waals surface area contributed by atoms with Crippen LogP contribution in [0.1, 0.15) is 12.5 Å². The minimum Gasteiger partial charge on any atom is -0.452 e. The lowest BCUT2D eigenvalue weighted by Crippen LogP contribution is -2.34. The zero-order valence-electron chi connectivity index (χ0n) is 11.6. The van der Waals surface area contributed by atoms with Gasteiger partial charge in [-0.15, -0.1) is 0 Å². The van der Waals surface area contributed by atoms with E-state index < -0.39 is 30.4 Å². The van der Waals surface area contributed by atoms with Crippen LogP contribution in [0.15, 0.2) is 24.3 Å². The molecule has 0 spiro atoms. The van der Waals surface area contributed by atoms with Crippen LogP contribution in [0.3, 0.4) is 0 Å². The SMILES string of the molecule is CCOC(=O)NC(=O)COC(=O)/C=C/c1ccc(F)c(Cl)c1. The van der Waals surface area contributed by atoms with Gasteiger partial charge in [-0.05, 0) is 30.7 Å². The van der Waals surface area contributed by atoms with Crippen molar-refractivity contribution in [1.29, 1.82) is 0 Å². The molecule has 2 amide bonds. The Bertz CT molecular complexity index is 603. The minimum absolute atomic E-state index is 0.0793. The molecule has 0 aliphatic carbocycles. The average Bonchev–Trinajstić information content (AvgIpc) is 2.46. The van der Waals surface area contributed by atoms with E-state index in [4.69, 9.17) is 11.6 Å². The maximum atomic E-state index is 12.9. The minimum atomic E-state index is -0.917. The standard InChI is InChI=1S/C14H13ClFNO5/c1-2-21-14(20)17-12(18)8-22-13(19)6-4-9-3-5-11(16)10(15)7-9/h3-7H,2,8H2,1H3,(H,17,18,20)/b6-4+. The van der Waals surface area contributed by atoms with Crippen LogP contribution >= 0.6 is 11.6 Å². The van der Waals surface area contributed by atoms with E-state index in [0.29, 0.717) is 5.56 Å². The average molecular weight is 330 g/mol. The molecular formula is C14H13ClFNO5. The second-order valence-corrected chi connectivity index (χ2v) is 4.29. The fourth-order valence-corrected chi connectivity index (χ4v) is 1.47. The Balaban J connectivity index is 2.42. The Labute approximate surface area is 130 Å². The van der Waals surface area contributed by atoms with Crippen LogP contribution in [0.4, 0.5) is 9.18 Å². The van der Waals surface area contributed by atoms with Crippen molar-refractivity contribution >= 4 is 35.6 Å². The second-order valence-electron chi connectivity index (χ2n) is 3.88. The highest BCUT2D eigenvalue weighted by molar-refractivity contribution is 6.30. The molecule has 118 valence electrons. The fourth-order valence-electron chi connectivity index (χ4n) is 1.28. The van der Waals surface area contributed by atoms with Crippen LogP contribution in [-0.2, 0) is 19.1 Å². The Kier molecular flexibility index (Phi) is 7.04. The van der Waals surface area contributed by atoms with Crippen LogP contribution in [-0.4, -0.2) is 31.2 Å². The lowest BCUT2D eigenvalue weighted by molar-refractivity contribution is -0.143. The third-order valence-corrected chi connectivity index (χ3v) is 2.51. The van der Waals surface area contributed by atoms with Gasteiger partial charge in [-0.3, -0.25) is 10.1 Å². The van der Waals surface area contributed by atoms with Crippen molar-refractivity contribution < 1.29 is 28.2 Å². The normalized spacial score (nSPS) is 10.3. The van der Waals surface area contributed by atoms with Crippen molar-refractivity contribution in [3.05, 3.63) is 40.7 Å². The number of hydrogen-bond donors (Lipinski definition) is 1. The molecule has 1 aromatic rings. The van der Waals surface area contributed by atoms with Crippen molar-refractivity contribution in [2.75, 3.05) is 13.2 Å². The van der Waals surface area contributed by atoms with E-state index in [2.05, 4.69) is 9.47 Å². The van der Waals surface area contributed by atoms with Gasteiger partial charge in [0.1, 0.15) is 5.82 Å². The van der Waals surface area contributed by atoms with E-state index in [9.17, 15) is 18.8 Å². The molecule has 0 aliphatic rings. The van der Waals surface area contributed by atoms with Crippen molar-refractivity contribution in [2.24, 2.45) is 0 Å². The molecule has 0 saturated carbocycles. The smallest absolute Gasteiger partial charge is 0.413 e. The molecule has 0 saturated heterocycles. The second kappa shape index (κ2) is 8.78. The summed E-state index contributed by atoms with van der Waals surface area (Å²) in [5.41, 5.74) is 0.485. The van der Waals surface area contributed by atoms with Gasteiger partial charge in [0, 0.05) is 6.08 Å².